The minimum Gasteiger partial charge on any atom is -0.388 e. The largest absolute Gasteiger partial charge is 0.388 e. The Hall–Kier alpha value is -1.82. The van der Waals surface area contributed by atoms with E-state index in [0.29, 0.717) is 18.3 Å². The molecule has 1 aromatic carbocycles. The van der Waals surface area contributed by atoms with Crippen molar-refractivity contribution in [1.29, 1.82) is 0 Å². The number of nitrogens with zero attached hydrogens (tertiary/aromatic N) is 3. The van der Waals surface area contributed by atoms with Gasteiger partial charge in [-0.05, 0) is 24.1 Å². The second-order valence-electron chi connectivity index (χ2n) is 5.14. The average Bonchev–Trinajstić information content (AvgIpc) is 2.78. The molecular formula is C14H17F2N3O. The highest BCUT2D eigenvalue weighted by molar-refractivity contribution is 5.21. The highest BCUT2D eigenvalue weighted by Crippen LogP contribution is 2.21. The summed E-state index contributed by atoms with van der Waals surface area (Å²) in [5.74, 6) is -0.286. The van der Waals surface area contributed by atoms with Crippen LogP contribution in [0.15, 0.2) is 24.5 Å². The summed E-state index contributed by atoms with van der Waals surface area (Å²) in [6, 6.07) is 3.03. The maximum atomic E-state index is 13.6. The molecule has 2 rings (SSSR count). The zero-order chi connectivity index (χ0) is 14.7. The zero-order valence-electron chi connectivity index (χ0n) is 11.4. The van der Waals surface area contributed by atoms with Crippen LogP contribution in [-0.2, 0) is 13.0 Å². The fourth-order valence-corrected chi connectivity index (χ4v) is 2.00. The first-order valence-corrected chi connectivity index (χ1v) is 6.47. The van der Waals surface area contributed by atoms with Crippen molar-refractivity contribution in [3.63, 3.8) is 0 Å². The second kappa shape index (κ2) is 6.09. The van der Waals surface area contributed by atoms with E-state index >= 15 is 0 Å². The molecule has 2 aromatic rings. The molecule has 0 aliphatic heterocycles. The number of hydrogen-bond donors (Lipinski definition) is 1. The van der Waals surface area contributed by atoms with E-state index in [4.69, 9.17) is 0 Å². The molecule has 6 heteroatoms. The minimum absolute atomic E-state index is 0.0657. The fraction of sp³-hybridized carbons (Fsp3) is 0.429. The van der Waals surface area contributed by atoms with Crippen molar-refractivity contribution >= 4 is 0 Å². The van der Waals surface area contributed by atoms with Crippen molar-refractivity contribution in [1.82, 2.24) is 14.8 Å². The van der Waals surface area contributed by atoms with Gasteiger partial charge in [-0.25, -0.2) is 18.4 Å². The molecule has 1 atom stereocenters. The Bertz CT molecular complexity index is 584. The van der Waals surface area contributed by atoms with Gasteiger partial charge in [0.25, 0.3) is 0 Å². The number of benzene rings is 1. The summed E-state index contributed by atoms with van der Waals surface area (Å²) in [4.78, 5) is 4.06. The molecule has 0 bridgehead atoms. The molecule has 1 heterocycles. The molecule has 1 unspecified atom stereocenters. The monoisotopic (exact) mass is 281 g/mol. The highest BCUT2D eigenvalue weighted by atomic mass is 19.1. The van der Waals surface area contributed by atoms with E-state index in [-0.39, 0.29) is 12.0 Å². The van der Waals surface area contributed by atoms with Crippen LogP contribution < -0.4 is 0 Å². The van der Waals surface area contributed by atoms with E-state index in [2.05, 4.69) is 10.1 Å². The van der Waals surface area contributed by atoms with Gasteiger partial charge in [0.15, 0.2) is 0 Å². The molecule has 1 N–H and O–H groups in total. The van der Waals surface area contributed by atoms with Gasteiger partial charge in [0.1, 0.15) is 23.8 Å². The summed E-state index contributed by atoms with van der Waals surface area (Å²) in [7, 11) is 0. The molecule has 0 saturated heterocycles. The lowest BCUT2D eigenvalue weighted by atomic mass is 10.1. The number of halogens is 2. The van der Waals surface area contributed by atoms with Gasteiger partial charge in [-0.2, -0.15) is 5.10 Å². The average molecular weight is 281 g/mol. The summed E-state index contributed by atoms with van der Waals surface area (Å²) >= 11 is 0. The first kappa shape index (κ1) is 14.6. The molecule has 0 aliphatic carbocycles. The van der Waals surface area contributed by atoms with Crippen LogP contribution in [0.5, 0.6) is 0 Å². The van der Waals surface area contributed by atoms with Crippen LogP contribution in [0, 0.1) is 17.6 Å². The fourth-order valence-electron chi connectivity index (χ4n) is 2.00. The Kier molecular flexibility index (Phi) is 4.44. The lowest BCUT2D eigenvalue weighted by molar-refractivity contribution is 0.168. The third-order valence-corrected chi connectivity index (χ3v) is 2.93. The number of aromatic nitrogens is 3. The Balaban J connectivity index is 2.17. The van der Waals surface area contributed by atoms with Crippen LogP contribution in [0.25, 0.3) is 0 Å². The standard InChI is InChI=1S/C14H17F2N3O/c1-9(2)7-19-14(17-8-18-19)6-13(20)11-5-10(15)3-4-12(11)16/h3-5,8-9,13,20H,6-7H2,1-2H3. The first-order valence-electron chi connectivity index (χ1n) is 6.47. The van der Waals surface area contributed by atoms with E-state index in [9.17, 15) is 13.9 Å². The summed E-state index contributed by atoms with van der Waals surface area (Å²) < 4.78 is 28.4. The van der Waals surface area contributed by atoms with Gasteiger partial charge < -0.3 is 5.11 Å². The molecule has 1 aromatic heterocycles. The third kappa shape index (κ3) is 3.39. The summed E-state index contributed by atoms with van der Waals surface area (Å²) in [6.45, 7) is 4.73. The molecule has 0 amide bonds. The SMILES string of the molecule is CC(C)Cn1ncnc1CC(O)c1cc(F)ccc1F. The van der Waals surface area contributed by atoms with Gasteiger partial charge in [0.05, 0.1) is 6.10 Å². The summed E-state index contributed by atoms with van der Waals surface area (Å²) in [5, 5.41) is 14.1. The van der Waals surface area contributed by atoms with Crippen molar-refractivity contribution in [3.05, 3.63) is 47.5 Å². The predicted octanol–water partition coefficient (Wildman–Crippen LogP) is 2.49. The second-order valence-corrected chi connectivity index (χ2v) is 5.14. The van der Waals surface area contributed by atoms with Gasteiger partial charge in [-0.15, -0.1) is 0 Å². The van der Waals surface area contributed by atoms with Crippen LogP contribution in [0.1, 0.15) is 31.3 Å². The lowest BCUT2D eigenvalue weighted by Crippen LogP contribution is -2.14. The van der Waals surface area contributed by atoms with Crippen molar-refractivity contribution in [2.75, 3.05) is 0 Å². The molecule has 0 saturated carbocycles. The summed E-state index contributed by atoms with van der Waals surface area (Å²) in [6.07, 6.45) is 0.334. The zero-order valence-corrected chi connectivity index (χ0v) is 11.4. The Morgan fingerprint density at radius 2 is 2.05 bits per heavy atom. The van der Waals surface area contributed by atoms with E-state index < -0.39 is 17.7 Å². The van der Waals surface area contributed by atoms with Gasteiger partial charge in [0.2, 0.25) is 0 Å². The number of hydrogen-bond acceptors (Lipinski definition) is 3. The van der Waals surface area contributed by atoms with Crippen molar-refractivity contribution in [2.45, 2.75) is 32.9 Å². The Morgan fingerprint density at radius 3 is 2.75 bits per heavy atom. The number of rotatable bonds is 5. The molecule has 0 radical (unpaired) electrons. The predicted molar refractivity (Wildman–Crippen MR) is 69.9 cm³/mol. The maximum Gasteiger partial charge on any atom is 0.138 e. The van der Waals surface area contributed by atoms with Gasteiger partial charge in [-0.3, -0.25) is 0 Å². The molecule has 0 spiro atoms. The molecule has 0 aliphatic rings. The van der Waals surface area contributed by atoms with Crippen molar-refractivity contribution in [2.24, 2.45) is 5.92 Å². The molecule has 108 valence electrons. The molecular weight excluding hydrogens is 264 g/mol. The number of aliphatic hydroxyl groups excluding tert-OH is 1. The van der Waals surface area contributed by atoms with Gasteiger partial charge in [0, 0.05) is 18.5 Å². The quantitative estimate of drug-likeness (QED) is 0.916. The van der Waals surface area contributed by atoms with E-state index in [1.165, 1.54) is 6.33 Å². The van der Waals surface area contributed by atoms with Crippen molar-refractivity contribution < 1.29 is 13.9 Å². The van der Waals surface area contributed by atoms with Gasteiger partial charge >= 0.3 is 0 Å². The normalized spacial score (nSPS) is 12.9. The van der Waals surface area contributed by atoms with Crippen LogP contribution in [0.4, 0.5) is 8.78 Å². The van der Waals surface area contributed by atoms with Crippen LogP contribution >= 0.6 is 0 Å². The van der Waals surface area contributed by atoms with Crippen LogP contribution in [-0.4, -0.2) is 19.9 Å². The van der Waals surface area contributed by atoms with E-state index in [1.54, 1.807) is 4.68 Å². The molecule has 4 nitrogen and oxygen atoms in total. The summed E-state index contributed by atoms with van der Waals surface area (Å²) in [5.41, 5.74) is -0.0657. The van der Waals surface area contributed by atoms with Crippen LogP contribution in [0.3, 0.4) is 0 Å². The van der Waals surface area contributed by atoms with Gasteiger partial charge in [-0.1, -0.05) is 13.8 Å². The molecule has 0 fully saturated rings. The van der Waals surface area contributed by atoms with Crippen molar-refractivity contribution in [3.8, 4) is 0 Å². The maximum absolute atomic E-state index is 13.6. The number of aliphatic hydroxyl groups is 1. The first-order chi connectivity index (χ1) is 9.47. The van der Waals surface area contributed by atoms with E-state index in [1.807, 2.05) is 13.8 Å². The smallest absolute Gasteiger partial charge is 0.138 e. The minimum atomic E-state index is -1.15. The third-order valence-electron chi connectivity index (χ3n) is 2.93. The topological polar surface area (TPSA) is 50.9 Å². The Morgan fingerprint density at radius 1 is 1.30 bits per heavy atom. The highest BCUT2D eigenvalue weighted by Gasteiger charge is 2.17. The molecule has 20 heavy (non-hydrogen) atoms. The Labute approximate surface area is 116 Å². The van der Waals surface area contributed by atoms with E-state index in [0.717, 1.165) is 18.2 Å². The lowest BCUT2D eigenvalue weighted by Gasteiger charge is -2.13. The van der Waals surface area contributed by atoms with Crippen LogP contribution in [0.2, 0.25) is 0 Å².